The molecule has 1 aliphatic heterocycles. The summed E-state index contributed by atoms with van der Waals surface area (Å²) in [6.45, 7) is 4.28. The van der Waals surface area contributed by atoms with Crippen LogP contribution in [0.1, 0.15) is 45.1 Å². The first-order chi connectivity index (χ1) is 12.0. The van der Waals surface area contributed by atoms with Gasteiger partial charge >= 0.3 is 0 Å². The van der Waals surface area contributed by atoms with Crippen LogP contribution in [0.4, 0.5) is 0 Å². The van der Waals surface area contributed by atoms with Crippen molar-refractivity contribution in [2.45, 2.75) is 32.9 Å². The highest BCUT2D eigenvalue weighted by Gasteiger charge is 2.35. The Balaban J connectivity index is 1.77. The number of benzene rings is 1. The van der Waals surface area contributed by atoms with Crippen LogP contribution in [0.5, 0.6) is 0 Å². The van der Waals surface area contributed by atoms with Gasteiger partial charge in [-0.15, -0.1) is 10.2 Å². The Morgan fingerprint density at radius 2 is 1.88 bits per heavy atom. The van der Waals surface area contributed by atoms with E-state index in [9.17, 15) is 4.79 Å². The maximum absolute atomic E-state index is 13.2. The van der Waals surface area contributed by atoms with E-state index in [-0.39, 0.29) is 11.9 Å². The second-order valence-electron chi connectivity index (χ2n) is 6.50. The summed E-state index contributed by atoms with van der Waals surface area (Å²) in [5.41, 5.74) is 4.09. The molecule has 3 aromatic rings. The predicted molar refractivity (Wildman–Crippen MR) is 91.9 cm³/mol. The molecule has 6 nitrogen and oxygen atoms in total. The lowest BCUT2D eigenvalue weighted by Gasteiger charge is -2.35. The van der Waals surface area contributed by atoms with Crippen molar-refractivity contribution in [2.24, 2.45) is 7.05 Å². The third-order valence-electron chi connectivity index (χ3n) is 4.93. The molecule has 0 radical (unpaired) electrons. The predicted octanol–water partition coefficient (Wildman–Crippen LogP) is 2.96. The van der Waals surface area contributed by atoms with Crippen molar-refractivity contribution in [3.63, 3.8) is 0 Å². The van der Waals surface area contributed by atoms with Gasteiger partial charge in [0.2, 0.25) is 11.8 Å². The quantitative estimate of drug-likeness (QED) is 0.722. The molecule has 128 valence electrons. The zero-order valence-electron chi connectivity index (χ0n) is 14.6. The van der Waals surface area contributed by atoms with Crippen LogP contribution in [0.3, 0.4) is 0 Å². The summed E-state index contributed by atoms with van der Waals surface area (Å²) in [6, 6.07) is 11.8. The van der Waals surface area contributed by atoms with Crippen molar-refractivity contribution in [1.82, 2.24) is 19.7 Å². The number of hydrogen-bond donors (Lipinski definition) is 0. The van der Waals surface area contributed by atoms with Gasteiger partial charge in [-0.25, -0.2) is 0 Å². The standard InChI is InChI=1S/C19H20N4O2/c1-12-8-9-16(22(12)3)19(24)23-11-15-7-5-4-6-14(15)10-17(23)18-21-20-13(2)25-18/h4-9,17H,10-11H2,1-3H3/t17-/m0/s1. The molecule has 0 bridgehead atoms. The number of nitrogens with zero attached hydrogens (tertiary/aromatic N) is 4. The van der Waals surface area contributed by atoms with Crippen molar-refractivity contribution >= 4 is 5.91 Å². The van der Waals surface area contributed by atoms with Gasteiger partial charge in [0.05, 0.1) is 0 Å². The lowest BCUT2D eigenvalue weighted by molar-refractivity contribution is 0.0592. The van der Waals surface area contributed by atoms with E-state index in [0.29, 0.717) is 30.4 Å². The molecule has 1 atom stereocenters. The molecule has 2 aromatic heterocycles. The molecule has 0 fully saturated rings. The van der Waals surface area contributed by atoms with E-state index in [1.54, 1.807) is 6.92 Å². The van der Waals surface area contributed by atoms with Gasteiger partial charge in [0.15, 0.2) is 0 Å². The van der Waals surface area contributed by atoms with Crippen LogP contribution < -0.4 is 0 Å². The average Bonchev–Trinajstić information content (AvgIpc) is 3.19. The fourth-order valence-electron chi connectivity index (χ4n) is 3.38. The second kappa shape index (κ2) is 5.88. The van der Waals surface area contributed by atoms with Gasteiger partial charge in [-0.05, 0) is 30.2 Å². The molecule has 0 saturated carbocycles. The van der Waals surface area contributed by atoms with Crippen LogP contribution in [0.25, 0.3) is 0 Å². The molecule has 1 aromatic carbocycles. The van der Waals surface area contributed by atoms with Crippen molar-refractivity contribution in [2.75, 3.05) is 0 Å². The van der Waals surface area contributed by atoms with E-state index in [1.807, 2.05) is 47.7 Å². The van der Waals surface area contributed by atoms with Gasteiger partial charge in [-0.1, -0.05) is 24.3 Å². The molecular weight excluding hydrogens is 316 g/mol. The van der Waals surface area contributed by atoms with Gasteiger partial charge in [-0.3, -0.25) is 4.79 Å². The molecule has 4 rings (SSSR count). The van der Waals surface area contributed by atoms with Gasteiger partial charge in [-0.2, -0.15) is 0 Å². The van der Waals surface area contributed by atoms with E-state index < -0.39 is 0 Å². The molecule has 0 N–H and O–H groups in total. The van der Waals surface area contributed by atoms with Crippen molar-refractivity contribution in [1.29, 1.82) is 0 Å². The molecule has 25 heavy (non-hydrogen) atoms. The van der Waals surface area contributed by atoms with Gasteiger partial charge in [0.1, 0.15) is 11.7 Å². The monoisotopic (exact) mass is 336 g/mol. The third-order valence-corrected chi connectivity index (χ3v) is 4.93. The number of rotatable bonds is 2. The molecule has 0 spiro atoms. The highest BCUT2D eigenvalue weighted by molar-refractivity contribution is 5.93. The summed E-state index contributed by atoms with van der Waals surface area (Å²) in [5.74, 6) is 0.980. The number of aromatic nitrogens is 3. The summed E-state index contributed by atoms with van der Waals surface area (Å²) < 4.78 is 7.58. The maximum Gasteiger partial charge on any atom is 0.271 e. The first kappa shape index (κ1) is 15.6. The average molecular weight is 336 g/mol. The lowest BCUT2D eigenvalue weighted by Crippen LogP contribution is -2.39. The fraction of sp³-hybridized carbons (Fsp3) is 0.316. The Morgan fingerprint density at radius 1 is 1.12 bits per heavy atom. The molecule has 1 aliphatic rings. The Hall–Kier alpha value is -2.89. The topological polar surface area (TPSA) is 64.2 Å². The molecule has 0 saturated heterocycles. The Labute approximate surface area is 146 Å². The van der Waals surface area contributed by atoms with Crippen molar-refractivity contribution in [3.8, 4) is 0 Å². The highest BCUT2D eigenvalue weighted by atomic mass is 16.4. The number of carbonyl (C=O) groups is 1. The number of carbonyl (C=O) groups excluding carboxylic acids is 1. The minimum absolute atomic E-state index is 0.0223. The van der Waals surface area contributed by atoms with E-state index in [4.69, 9.17) is 4.42 Å². The first-order valence-electron chi connectivity index (χ1n) is 8.34. The minimum atomic E-state index is -0.251. The minimum Gasteiger partial charge on any atom is -0.423 e. The fourth-order valence-corrected chi connectivity index (χ4v) is 3.38. The molecule has 0 aliphatic carbocycles. The number of fused-ring (bicyclic) bond motifs is 1. The first-order valence-corrected chi connectivity index (χ1v) is 8.34. The number of aryl methyl sites for hydroxylation is 2. The number of amides is 1. The largest absolute Gasteiger partial charge is 0.423 e. The third kappa shape index (κ3) is 2.63. The van der Waals surface area contributed by atoms with Gasteiger partial charge in [0.25, 0.3) is 5.91 Å². The van der Waals surface area contributed by atoms with E-state index in [2.05, 4.69) is 22.3 Å². The molecule has 6 heteroatoms. The SMILES string of the molecule is Cc1nnc([C@@H]2Cc3ccccc3CN2C(=O)c2ccc(C)n2C)o1. The summed E-state index contributed by atoms with van der Waals surface area (Å²) in [4.78, 5) is 15.1. The Morgan fingerprint density at radius 3 is 2.52 bits per heavy atom. The molecule has 3 heterocycles. The molecule has 0 unspecified atom stereocenters. The van der Waals surface area contributed by atoms with Crippen LogP contribution in [-0.2, 0) is 20.0 Å². The zero-order valence-corrected chi connectivity index (χ0v) is 14.6. The Bertz CT molecular complexity index is 941. The van der Waals surface area contributed by atoms with E-state index in [0.717, 1.165) is 11.3 Å². The van der Waals surface area contributed by atoms with Crippen LogP contribution in [0.2, 0.25) is 0 Å². The zero-order chi connectivity index (χ0) is 17.6. The van der Waals surface area contributed by atoms with Crippen molar-refractivity contribution in [3.05, 3.63) is 70.7 Å². The van der Waals surface area contributed by atoms with E-state index in [1.165, 1.54) is 5.56 Å². The summed E-state index contributed by atoms with van der Waals surface area (Å²) >= 11 is 0. The smallest absolute Gasteiger partial charge is 0.271 e. The van der Waals surface area contributed by atoms with Crippen LogP contribution in [0, 0.1) is 13.8 Å². The maximum atomic E-state index is 13.2. The lowest BCUT2D eigenvalue weighted by atomic mass is 9.93. The summed E-state index contributed by atoms with van der Waals surface area (Å²) in [7, 11) is 1.91. The van der Waals surface area contributed by atoms with Crippen LogP contribution >= 0.6 is 0 Å². The van der Waals surface area contributed by atoms with Crippen LogP contribution in [-0.4, -0.2) is 25.6 Å². The summed E-state index contributed by atoms with van der Waals surface area (Å²) in [6.07, 6.45) is 0.674. The second-order valence-corrected chi connectivity index (χ2v) is 6.50. The number of hydrogen-bond acceptors (Lipinski definition) is 4. The van der Waals surface area contributed by atoms with Crippen molar-refractivity contribution < 1.29 is 9.21 Å². The summed E-state index contributed by atoms with van der Waals surface area (Å²) in [5, 5.41) is 8.13. The Kier molecular flexibility index (Phi) is 3.67. The van der Waals surface area contributed by atoms with Gasteiger partial charge in [0, 0.05) is 32.6 Å². The normalized spacial score (nSPS) is 16.8. The molecule has 1 amide bonds. The highest BCUT2D eigenvalue weighted by Crippen LogP contribution is 2.33. The van der Waals surface area contributed by atoms with E-state index >= 15 is 0 Å². The van der Waals surface area contributed by atoms with Crippen LogP contribution in [0.15, 0.2) is 40.8 Å². The molecular formula is C19H20N4O2. The van der Waals surface area contributed by atoms with Gasteiger partial charge < -0.3 is 13.9 Å².